The first kappa shape index (κ1) is 15.8. The third-order valence-corrected chi connectivity index (χ3v) is 4.33. The third kappa shape index (κ3) is 4.20. The molecular formula is C15H15ClN2O2S. The van der Waals surface area contributed by atoms with Crippen molar-refractivity contribution in [3.05, 3.63) is 68.7 Å². The molecule has 0 bridgehead atoms. The van der Waals surface area contributed by atoms with Crippen molar-refractivity contribution in [3.8, 4) is 0 Å². The first-order valence-corrected chi connectivity index (χ1v) is 7.75. The second kappa shape index (κ2) is 6.93. The van der Waals surface area contributed by atoms with E-state index in [9.17, 15) is 10.1 Å². The van der Waals surface area contributed by atoms with E-state index in [1.54, 1.807) is 6.07 Å². The van der Waals surface area contributed by atoms with Crippen LogP contribution < -0.4 is 5.73 Å². The molecule has 2 N–H and O–H groups in total. The Labute approximate surface area is 132 Å². The number of nitrogens with two attached hydrogens (primary N) is 1. The lowest BCUT2D eigenvalue weighted by molar-refractivity contribution is -0.385. The summed E-state index contributed by atoms with van der Waals surface area (Å²) in [5.74, 6) is 0.494. The molecule has 1 atom stereocenters. The van der Waals surface area contributed by atoms with Gasteiger partial charge in [-0.1, -0.05) is 23.7 Å². The molecule has 0 heterocycles. The number of thioether (sulfide) groups is 1. The number of benzene rings is 2. The number of nitro benzene ring substituents is 1. The fourth-order valence-electron chi connectivity index (χ4n) is 1.88. The second-order valence-corrected chi connectivity index (χ2v) is 6.16. The highest BCUT2D eigenvalue weighted by Crippen LogP contribution is 2.30. The molecule has 0 radical (unpaired) electrons. The number of hydrogen-bond donors (Lipinski definition) is 1. The molecule has 0 aliphatic carbocycles. The molecule has 0 fully saturated rings. The van der Waals surface area contributed by atoms with Gasteiger partial charge in [0.2, 0.25) is 0 Å². The lowest BCUT2D eigenvalue weighted by atomic mass is 10.1. The molecule has 110 valence electrons. The molecule has 6 heteroatoms. The van der Waals surface area contributed by atoms with E-state index in [1.807, 2.05) is 31.2 Å². The fraction of sp³-hybridized carbons (Fsp3) is 0.200. The standard InChI is InChI=1S/C15H15ClN2O2S/c1-10(17)11-2-5-14(6-3-11)21-9-12-8-13(16)4-7-15(12)18(19)20/h2-8,10H,9,17H2,1H3. The molecule has 0 amide bonds. The number of nitrogens with zero attached hydrogens (tertiary/aromatic N) is 1. The minimum atomic E-state index is -0.384. The molecule has 0 aliphatic heterocycles. The normalized spacial score (nSPS) is 12.1. The molecule has 4 nitrogen and oxygen atoms in total. The van der Waals surface area contributed by atoms with Gasteiger partial charge in [-0.25, -0.2) is 0 Å². The van der Waals surface area contributed by atoms with E-state index in [0.29, 0.717) is 16.3 Å². The van der Waals surface area contributed by atoms with Crippen LogP contribution >= 0.6 is 23.4 Å². The summed E-state index contributed by atoms with van der Waals surface area (Å²) in [6.45, 7) is 1.93. The van der Waals surface area contributed by atoms with Gasteiger partial charge >= 0.3 is 0 Å². The van der Waals surface area contributed by atoms with Crippen molar-refractivity contribution in [2.45, 2.75) is 23.6 Å². The van der Waals surface area contributed by atoms with Crippen molar-refractivity contribution in [1.29, 1.82) is 0 Å². The Morgan fingerprint density at radius 1 is 1.29 bits per heavy atom. The first-order valence-electron chi connectivity index (χ1n) is 6.38. The van der Waals surface area contributed by atoms with Crippen LogP contribution in [-0.4, -0.2) is 4.92 Å². The van der Waals surface area contributed by atoms with Crippen molar-refractivity contribution in [2.24, 2.45) is 5.73 Å². The quantitative estimate of drug-likeness (QED) is 0.497. The summed E-state index contributed by atoms with van der Waals surface area (Å²) in [6.07, 6.45) is 0. The zero-order valence-electron chi connectivity index (χ0n) is 11.5. The minimum absolute atomic E-state index is 0.00179. The Hall–Kier alpha value is -1.56. The van der Waals surface area contributed by atoms with Crippen LogP contribution in [0.2, 0.25) is 5.02 Å². The van der Waals surface area contributed by atoms with Gasteiger partial charge in [-0.05, 0) is 36.8 Å². The SMILES string of the molecule is CC(N)c1ccc(SCc2cc(Cl)ccc2[N+](=O)[O-])cc1. The van der Waals surface area contributed by atoms with Gasteiger partial charge in [0.05, 0.1) is 4.92 Å². The van der Waals surface area contributed by atoms with Crippen LogP contribution in [0.5, 0.6) is 0 Å². The van der Waals surface area contributed by atoms with Crippen LogP contribution in [0.15, 0.2) is 47.4 Å². The van der Waals surface area contributed by atoms with E-state index in [1.165, 1.54) is 23.9 Å². The Morgan fingerprint density at radius 3 is 2.52 bits per heavy atom. The van der Waals surface area contributed by atoms with Crippen molar-refractivity contribution in [1.82, 2.24) is 0 Å². The second-order valence-electron chi connectivity index (χ2n) is 4.68. The van der Waals surface area contributed by atoms with E-state index in [4.69, 9.17) is 17.3 Å². The maximum absolute atomic E-state index is 11.0. The van der Waals surface area contributed by atoms with Crippen molar-refractivity contribution >= 4 is 29.1 Å². The topological polar surface area (TPSA) is 69.2 Å². The van der Waals surface area contributed by atoms with Crippen molar-refractivity contribution in [3.63, 3.8) is 0 Å². The summed E-state index contributed by atoms with van der Waals surface area (Å²) >= 11 is 7.44. The third-order valence-electron chi connectivity index (χ3n) is 3.04. The average molecular weight is 323 g/mol. The number of rotatable bonds is 5. The Bertz CT molecular complexity index is 645. The number of hydrogen-bond acceptors (Lipinski definition) is 4. The molecule has 1 unspecified atom stereocenters. The highest BCUT2D eigenvalue weighted by atomic mass is 35.5. The van der Waals surface area contributed by atoms with Gasteiger partial charge in [-0.3, -0.25) is 10.1 Å². The van der Waals surface area contributed by atoms with E-state index in [0.717, 1.165) is 10.5 Å². The highest BCUT2D eigenvalue weighted by molar-refractivity contribution is 7.98. The molecule has 2 rings (SSSR count). The molecule has 0 aromatic heterocycles. The van der Waals surface area contributed by atoms with E-state index >= 15 is 0 Å². The van der Waals surface area contributed by atoms with Crippen LogP contribution in [0.4, 0.5) is 5.69 Å². The molecule has 2 aromatic rings. The Kier molecular flexibility index (Phi) is 5.22. The van der Waals surface area contributed by atoms with Gasteiger partial charge in [0, 0.05) is 33.3 Å². The van der Waals surface area contributed by atoms with Crippen LogP contribution in [-0.2, 0) is 5.75 Å². The average Bonchev–Trinajstić information content (AvgIpc) is 2.45. The number of nitro groups is 1. The summed E-state index contributed by atoms with van der Waals surface area (Å²) in [5, 5.41) is 11.5. The first-order chi connectivity index (χ1) is 9.97. The van der Waals surface area contributed by atoms with E-state index < -0.39 is 0 Å². The van der Waals surface area contributed by atoms with E-state index in [-0.39, 0.29) is 16.7 Å². The van der Waals surface area contributed by atoms with Crippen LogP contribution in [0, 0.1) is 10.1 Å². The predicted octanol–water partition coefficient (Wildman–Crippen LogP) is 4.56. The van der Waals surface area contributed by atoms with Gasteiger partial charge in [0.25, 0.3) is 5.69 Å². The van der Waals surface area contributed by atoms with Gasteiger partial charge < -0.3 is 5.73 Å². The lowest BCUT2D eigenvalue weighted by Crippen LogP contribution is -2.04. The zero-order valence-corrected chi connectivity index (χ0v) is 13.0. The summed E-state index contributed by atoms with van der Waals surface area (Å²) < 4.78 is 0. The zero-order chi connectivity index (χ0) is 15.4. The Balaban J connectivity index is 2.12. The summed E-state index contributed by atoms with van der Waals surface area (Å²) in [7, 11) is 0. The van der Waals surface area contributed by atoms with Crippen LogP contribution in [0.3, 0.4) is 0 Å². The summed E-state index contributed by atoms with van der Waals surface area (Å²) in [4.78, 5) is 11.7. The maximum atomic E-state index is 11.0. The van der Waals surface area contributed by atoms with Crippen LogP contribution in [0.1, 0.15) is 24.1 Å². The van der Waals surface area contributed by atoms with Crippen molar-refractivity contribution in [2.75, 3.05) is 0 Å². The molecule has 0 spiro atoms. The van der Waals surface area contributed by atoms with Gasteiger partial charge in [0.1, 0.15) is 0 Å². The lowest BCUT2D eigenvalue weighted by Gasteiger charge is -2.07. The summed E-state index contributed by atoms with van der Waals surface area (Å²) in [5.41, 5.74) is 7.58. The predicted molar refractivity (Wildman–Crippen MR) is 86.7 cm³/mol. The molecule has 2 aromatic carbocycles. The van der Waals surface area contributed by atoms with Crippen LogP contribution in [0.25, 0.3) is 0 Å². The molecule has 0 aliphatic rings. The molecule has 0 saturated carbocycles. The maximum Gasteiger partial charge on any atom is 0.273 e. The highest BCUT2D eigenvalue weighted by Gasteiger charge is 2.14. The number of halogens is 1. The largest absolute Gasteiger partial charge is 0.324 e. The smallest absolute Gasteiger partial charge is 0.273 e. The monoisotopic (exact) mass is 322 g/mol. The van der Waals surface area contributed by atoms with Crippen molar-refractivity contribution < 1.29 is 4.92 Å². The minimum Gasteiger partial charge on any atom is -0.324 e. The van der Waals surface area contributed by atoms with Gasteiger partial charge in [-0.15, -0.1) is 11.8 Å². The Morgan fingerprint density at radius 2 is 1.95 bits per heavy atom. The molecular weight excluding hydrogens is 308 g/mol. The van der Waals surface area contributed by atoms with Gasteiger partial charge in [-0.2, -0.15) is 0 Å². The fourth-order valence-corrected chi connectivity index (χ4v) is 2.95. The summed E-state index contributed by atoms with van der Waals surface area (Å²) in [6, 6.07) is 12.5. The van der Waals surface area contributed by atoms with E-state index in [2.05, 4.69) is 0 Å². The molecule has 21 heavy (non-hydrogen) atoms. The molecule has 0 saturated heterocycles. The van der Waals surface area contributed by atoms with Gasteiger partial charge in [0.15, 0.2) is 0 Å².